The van der Waals surface area contributed by atoms with Gasteiger partial charge in [-0.25, -0.2) is 5.84 Å². The van der Waals surface area contributed by atoms with Crippen LogP contribution in [0.15, 0.2) is 0 Å². The molecule has 0 aliphatic heterocycles. The predicted octanol–water partition coefficient (Wildman–Crippen LogP) is 0.657. The van der Waals surface area contributed by atoms with Gasteiger partial charge in [0.15, 0.2) is 5.82 Å². The molecule has 0 aliphatic rings. The summed E-state index contributed by atoms with van der Waals surface area (Å²) in [7, 11) is 0. The topological polar surface area (TPSA) is 66.7 Å². The summed E-state index contributed by atoms with van der Waals surface area (Å²) in [5, 5.41) is 6.94. The molecule has 9 heavy (non-hydrogen) atoms. The van der Waals surface area contributed by atoms with Crippen molar-refractivity contribution >= 4 is 17.4 Å². The van der Waals surface area contributed by atoms with Crippen LogP contribution in [0, 0.1) is 6.92 Å². The number of hydrazine groups is 1. The van der Waals surface area contributed by atoms with E-state index in [4.69, 9.17) is 17.4 Å². The Labute approximate surface area is 57.4 Å². The minimum Gasteiger partial charge on any atom is -0.306 e. The average Bonchev–Trinajstić information content (AvgIpc) is 2.15. The van der Waals surface area contributed by atoms with Gasteiger partial charge in [-0.05, 0) is 6.92 Å². The Kier molecular flexibility index (Phi) is 1.59. The van der Waals surface area contributed by atoms with Crippen molar-refractivity contribution < 1.29 is 0 Å². The molecular weight excluding hydrogens is 140 g/mol. The molecule has 1 heterocycles. The molecule has 0 spiro atoms. The zero-order chi connectivity index (χ0) is 6.85. The number of nitrogens with two attached hydrogens (primary N) is 1. The number of aromatic amines is 1. The molecule has 1 rings (SSSR count). The summed E-state index contributed by atoms with van der Waals surface area (Å²) in [6.07, 6.45) is 0. The Morgan fingerprint density at radius 2 is 2.44 bits per heavy atom. The molecule has 0 atom stereocenters. The van der Waals surface area contributed by atoms with E-state index in [0.29, 0.717) is 10.8 Å². The highest BCUT2D eigenvalue weighted by atomic mass is 35.5. The molecule has 0 bridgehead atoms. The van der Waals surface area contributed by atoms with Crippen molar-refractivity contribution in [2.75, 3.05) is 5.43 Å². The smallest absolute Gasteiger partial charge is 0.180 e. The van der Waals surface area contributed by atoms with Crippen LogP contribution in [0.2, 0.25) is 5.02 Å². The second kappa shape index (κ2) is 2.24. The number of aromatic nitrogens is 2. The van der Waals surface area contributed by atoms with Crippen LogP contribution in [0.25, 0.3) is 0 Å². The molecule has 0 aromatic carbocycles. The number of anilines is 1. The fourth-order valence-electron chi connectivity index (χ4n) is 0.511. The first-order valence-corrected chi connectivity index (χ1v) is 2.80. The summed E-state index contributed by atoms with van der Waals surface area (Å²) in [6, 6.07) is 0. The van der Waals surface area contributed by atoms with E-state index >= 15 is 0 Å². The summed E-state index contributed by atoms with van der Waals surface area (Å²) in [5.74, 6) is 5.53. The van der Waals surface area contributed by atoms with E-state index in [1.54, 1.807) is 0 Å². The predicted molar refractivity (Wildman–Crippen MR) is 36.1 cm³/mol. The van der Waals surface area contributed by atoms with Crippen molar-refractivity contribution in [2.24, 2.45) is 5.84 Å². The van der Waals surface area contributed by atoms with Crippen molar-refractivity contribution in [3.63, 3.8) is 0 Å². The van der Waals surface area contributed by atoms with Gasteiger partial charge in [-0.2, -0.15) is 5.10 Å². The molecule has 50 valence electrons. The van der Waals surface area contributed by atoms with Crippen LogP contribution in [0.3, 0.4) is 0 Å². The maximum atomic E-state index is 5.67. The molecule has 0 saturated heterocycles. The minimum absolute atomic E-state index is 0.481. The van der Waals surface area contributed by atoms with E-state index < -0.39 is 0 Å². The zero-order valence-electron chi connectivity index (χ0n) is 4.90. The first-order chi connectivity index (χ1) is 4.25. The van der Waals surface area contributed by atoms with E-state index in [1.807, 2.05) is 6.92 Å². The normalized spacial score (nSPS) is 9.67. The Balaban J connectivity index is 3.04. The molecule has 0 saturated carbocycles. The van der Waals surface area contributed by atoms with Crippen LogP contribution in [0.5, 0.6) is 0 Å². The van der Waals surface area contributed by atoms with E-state index in [2.05, 4.69) is 15.6 Å². The largest absolute Gasteiger partial charge is 0.306 e. The Morgan fingerprint density at radius 1 is 1.78 bits per heavy atom. The van der Waals surface area contributed by atoms with Crippen LogP contribution in [-0.4, -0.2) is 10.2 Å². The molecule has 4 N–H and O–H groups in total. The first kappa shape index (κ1) is 6.38. The molecule has 5 heteroatoms. The van der Waals surface area contributed by atoms with Crippen molar-refractivity contribution in [3.8, 4) is 0 Å². The SMILES string of the molecule is Cc1[nH]nc(NN)c1Cl. The monoisotopic (exact) mass is 146 g/mol. The molecule has 1 aromatic rings. The lowest BCUT2D eigenvalue weighted by molar-refractivity contribution is 1.04. The Morgan fingerprint density at radius 3 is 2.67 bits per heavy atom. The van der Waals surface area contributed by atoms with Crippen molar-refractivity contribution in [1.29, 1.82) is 0 Å². The van der Waals surface area contributed by atoms with Gasteiger partial charge < -0.3 is 5.43 Å². The number of hydrogen-bond donors (Lipinski definition) is 3. The Bertz CT molecular complexity index is 206. The number of hydrogen-bond acceptors (Lipinski definition) is 3. The number of H-pyrrole nitrogens is 1. The zero-order valence-corrected chi connectivity index (χ0v) is 5.66. The van der Waals surface area contributed by atoms with Gasteiger partial charge in [-0.3, -0.25) is 5.10 Å². The van der Waals surface area contributed by atoms with Gasteiger partial charge in [0.1, 0.15) is 5.02 Å². The Hall–Kier alpha value is -0.740. The second-order valence-corrected chi connectivity index (χ2v) is 2.03. The number of aryl methyl sites for hydroxylation is 1. The highest BCUT2D eigenvalue weighted by molar-refractivity contribution is 6.33. The fraction of sp³-hybridized carbons (Fsp3) is 0.250. The third kappa shape index (κ3) is 0.988. The van der Waals surface area contributed by atoms with Crippen LogP contribution < -0.4 is 11.3 Å². The first-order valence-electron chi connectivity index (χ1n) is 2.42. The number of rotatable bonds is 1. The number of halogens is 1. The standard InChI is InChI=1S/C4H7ClN4/c1-2-3(5)4(7-6)9-8-2/h6H2,1H3,(H2,7,8,9). The van der Waals surface area contributed by atoms with Crippen LogP contribution >= 0.6 is 11.6 Å². The van der Waals surface area contributed by atoms with E-state index in [0.717, 1.165) is 5.69 Å². The van der Waals surface area contributed by atoms with Crippen LogP contribution in [0.1, 0.15) is 5.69 Å². The molecule has 0 radical (unpaired) electrons. The molecule has 0 amide bonds. The molecule has 0 fully saturated rings. The molecule has 0 unspecified atom stereocenters. The number of nitrogen functional groups attached to an aromatic ring is 1. The van der Waals surface area contributed by atoms with Gasteiger partial charge in [0.25, 0.3) is 0 Å². The molecule has 4 nitrogen and oxygen atoms in total. The van der Waals surface area contributed by atoms with E-state index in [1.165, 1.54) is 0 Å². The molecule has 1 aromatic heterocycles. The fourth-order valence-corrected chi connectivity index (χ4v) is 0.650. The summed E-state index contributed by atoms with van der Waals surface area (Å²) >= 11 is 5.67. The summed E-state index contributed by atoms with van der Waals surface area (Å²) in [5.41, 5.74) is 3.15. The third-order valence-electron chi connectivity index (χ3n) is 1.01. The number of nitrogens with one attached hydrogen (secondary N) is 2. The average molecular weight is 147 g/mol. The summed E-state index contributed by atoms with van der Waals surface area (Å²) in [4.78, 5) is 0. The van der Waals surface area contributed by atoms with Gasteiger partial charge in [-0.1, -0.05) is 11.6 Å². The third-order valence-corrected chi connectivity index (χ3v) is 1.47. The minimum atomic E-state index is 0.481. The maximum absolute atomic E-state index is 5.67. The highest BCUT2D eigenvalue weighted by Gasteiger charge is 2.03. The number of nitrogens with zero attached hydrogens (tertiary/aromatic N) is 1. The van der Waals surface area contributed by atoms with Gasteiger partial charge in [0.05, 0.1) is 5.69 Å². The van der Waals surface area contributed by atoms with E-state index in [-0.39, 0.29) is 0 Å². The summed E-state index contributed by atoms with van der Waals surface area (Å²) in [6.45, 7) is 1.82. The summed E-state index contributed by atoms with van der Waals surface area (Å²) < 4.78 is 0. The van der Waals surface area contributed by atoms with Gasteiger partial charge >= 0.3 is 0 Å². The highest BCUT2D eigenvalue weighted by Crippen LogP contribution is 2.20. The van der Waals surface area contributed by atoms with Crippen LogP contribution in [0.4, 0.5) is 5.82 Å². The van der Waals surface area contributed by atoms with Gasteiger partial charge in [0.2, 0.25) is 0 Å². The lowest BCUT2D eigenvalue weighted by Gasteiger charge is -1.90. The second-order valence-electron chi connectivity index (χ2n) is 1.66. The lowest BCUT2D eigenvalue weighted by Crippen LogP contribution is -2.07. The van der Waals surface area contributed by atoms with Crippen molar-refractivity contribution in [2.45, 2.75) is 6.92 Å². The van der Waals surface area contributed by atoms with Gasteiger partial charge in [0, 0.05) is 0 Å². The lowest BCUT2D eigenvalue weighted by atomic mass is 10.5. The quantitative estimate of drug-likeness (QED) is 0.403. The molecular formula is C4H7ClN4. The maximum Gasteiger partial charge on any atom is 0.180 e. The van der Waals surface area contributed by atoms with E-state index in [9.17, 15) is 0 Å². The molecule has 0 aliphatic carbocycles. The van der Waals surface area contributed by atoms with Crippen LogP contribution in [-0.2, 0) is 0 Å². The van der Waals surface area contributed by atoms with Crippen molar-refractivity contribution in [1.82, 2.24) is 10.2 Å². The van der Waals surface area contributed by atoms with Gasteiger partial charge in [-0.15, -0.1) is 0 Å². The van der Waals surface area contributed by atoms with Crippen molar-refractivity contribution in [3.05, 3.63) is 10.7 Å².